The van der Waals surface area contributed by atoms with Gasteiger partial charge in [0.1, 0.15) is 17.3 Å². The van der Waals surface area contributed by atoms with Crippen LogP contribution in [-0.2, 0) is 20.9 Å². The van der Waals surface area contributed by atoms with Crippen molar-refractivity contribution in [2.45, 2.75) is 26.0 Å². The van der Waals surface area contributed by atoms with Crippen LogP contribution in [0.15, 0.2) is 53.5 Å². The van der Waals surface area contributed by atoms with Crippen LogP contribution < -0.4 is 10.7 Å². The van der Waals surface area contributed by atoms with E-state index in [0.717, 1.165) is 18.3 Å². The van der Waals surface area contributed by atoms with Gasteiger partial charge in [0.25, 0.3) is 5.91 Å². The number of nitrogens with zero attached hydrogens (tertiary/aromatic N) is 2. The smallest absolute Gasteiger partial charge is 0.308 e. The molecule has 0 aliphatic heterocycles. The summed E-state index contributed by atoms with van der Waals surface area (Å²) >= 11 is 0. The summed E-state index contributed by atoms with van der Waals surface area (Å²) in [5.74, 6) is -3.44. The molecule has 150 valence electrons. The number of hydrogen-bond acceptors (Lipinski definition) is 5. The van der Waals surface area contributed by atoms with Crippen molar-refractivity contribution >= 4 is 28.5 Å². The SMILES string of the molecule is C[C@@H](OC(=O)CCn1ncc(=O)c2ccccc21)C(=O)Nc1c(F)cccc1F. The summed E-state index contributed by atoms with van der Waals surface area (Å²) in [6.07, 6.45) is -0.224. The lowest BCUT2D eigenvalue weighted by molar-refractivity contribution is -0.153. The number of rotatable bonds is 6. The second-order valence-corrected chi connectivity index (χ2v) is 6.22. The Bertz CT molecular complexity index is 1110. The van der Waals surface area contributed by atoms with Gasteiger partial charge in [0.05, 0.1) is 24.7 Å². The average Bonchev–Trinajstić information content (AvgIpc) is 2.70. The molecule has 0 fully saturated rings. The molecule has 2 aromatic carbocycles. The first-order valence-corrected chi connectivity index (χ1v) is 8.76. The summed E-state index contributed by atoms with van der Waals surface area (Å²) in [5, 5.41) is 6.54. The molecule has 0 aliphatic rings. The monoisotopic (exact) mass is 401 g/mol. The number of aromatic nitrogens is 2. The number of hydrogen-bond donors (Lipinski definition) is 1. The highest BCUT2D eigenvalue weighted by molar-refractivity contribution is 5.95. The van der Waals surface area contributed by atoms with Crippen LogP contribution in [0.3, 0.4) is 0 Å². The predicted molar refractivity (Wildman–Crippen MR) is 101 cm³/mol. The number of esters is 1. The third-order valence-electron chi connectivity index (χ3n) is 4.18. The second-order valence-electron chi connectivity index (χ2n) is 6.22. The maximum Gasteiger partial charge on any atom is 0.308 e. The van der Waals surface area contributed by atoms with Gasteiger partial charge in [-0.1, -0.05) is 18.2 Å². The topological polar surface area (TPSA) is 90.3 Å². The molecule has 0 bridgehead atoms. The molecule has 3 aromatic rings. The summed E-state index contributed by atoms with van der Waals surface area (Å²) in [6.45, 7) is 1.41. The number of nitrogens with one attached hydrogen (secondary N) is 1. The molecule has 0 saturated carbocycles. The Balaban J connectivity index is 1.60. The number of carbonyl (C=O) groups is 2. The van der Waals surface area contributed by atoms with Crippen LogP contribution in [0.4, 0.5) is 14.5 Å². The minimum Gasteiger partial charge on any atom is -0.452 e. The highest BCUT2D eigenvalue weighted by Gasteiger charge is 2.21. The van der Waals surface area contributed by atoms with Crippen LogP contribution in [0.25, 0.3) is 10.9 Å². The van der Waals surface area contributed by atoms with Gasteiger partial charge in [-0.15, -0.1) is 0 Å². The molecule has 0 spiro atoms. The Morgan fingerprint density at radius 1 is 1.14 bits per heavy atom. The van der Waals surface area contributed by atoms with Gasteiger partial charge < -0.3 is 10.1 Å². The van der Waals surface area contributed by atoms with E-state index in [4.69, 9.17) is 4.74 Å². The molecule has 0 aliphatic carbocycles. The molecule has 1 amide bonds. The molecule has 1 aromatic heterocycles. The number of anilines is 1. The van der Waals surface area contributed by atoms with E-state index in [1.807, 2.05) is 0 Å². The Morgan fingerprint density at radius 2 is 1.83 bits per heavy atom. The number of amides is 1. The largest absolute Gasteiger partial charge is 0.452 e. The van der Waals surface area contributed by atoms with E-state index in [0.29, 0.717) is 10.9 Å². The molecule has 7 nitrogen and oxygen atoms in total. The Kier molecular flexibility index (Phi) is 5.96. The number of para-hydroxylation sites is 2. The fraction of sp³-hybridized carbons (Fsp3) is 0.200. The lowest BCUT2D eigenvalue weighted by Crippen LogP contribution is -2.31. The highest BCUT2D eigenvalue weighted by atomic mass is 19.1. The van der Waals surface area contributed by atoms with Crippen molar-refractivity contribution in [1.29, 1.82) is 0 Å². The summed E-state index contributed by atoms with van der Waals surface area (Å²) in [5.41, 5.74) is -0.275. The van der Waals surface area contributed by atoms with E-state index in [1.54, 1.807) is 24.3 Å². The van der Waals surface area contributed by atoms with E-state index < -0.39 is 35.3 Å². The van der Waals surface area contributed by atoms with Crippen molar-refractivity contribution < 1.29 is 23.1 Å². The van der Waals surface area contributed by atoms with Gasteiger partial charge in [-0.3, -0.25) is 19.1 Å². The molecule has 9 heteroatoms. The summed E-state index contributed by atoms with van der Waals surface area (Å²) in [6, 6.07) is 9.98. The molecule has 29 heavy (non-hydrogen) atoms. The van der Waals surface area contributed by atoms with Crippen molar-refractivity contribution in [3.8, 4) is 0 Å². The average molecular weight is 401 g/mol. The fourth-order valence-corrected chi connectivity index (χ4v) is 2.69. The van der Waals surface area contributed by atoms with Crippen molar-refractivity contribution in [3.63, 3.8) is 0 Å². The second kappa shape index (κ2) is 8.59. The molecule has 3 rings (SSSR count). The molecular weight excluding hydrogens is 384 g/mol. The lowest BCUT2D eigenvalue weighted by atomic mass is 10.2. The Morgan fingerprint density at radius 3 is 2.55 bits per heavy atom. The lowest BCUT2D eigenvalue weighted by Gasteiger charge is -2.15. The van der Waals surface area contributed by atoms with E-state index in [1.165, 1.54) is 17.7 Å². The molecule has 0 saturated heterocycles. The van der Waals surface area contributed by atoms with Gasteiger partial charge >= 0.3 is 5.97 Å². The van der Waals surface area contributed by atoms with Crippen LogP contribution in [0.1, 0.15) is 13.3 Å². The maximum absolute atomic E-state index is 13.6. The molecule has 0 unspecified atom stereocenters. The van der Waals surface area contributed by atoms with Crippen molar-refractivity contribution in [3.05, 3.63) is 70.5 Å². The quantitative estimate of drug-likeness (QED) is 0.642. The zero-order valence-corrected chi connectivity index (χ0v) is 15.4. The minimum atomic E-state index is -1.26. The Labute approximate surface area is 163 Å². The first kappa shape index (κ1) is 20.1. The third kappa shape index (κ3) is 4.63. The zero-order chi connectivity index (χ0) is 21.0. The maximum atomic E-state index is 13.6. The number of aryl methyl sites for hydroxylation is 1. The first-order chi connectivity index (χ1) is 13.9. The van der Waals surface area contributed by atoms with Crippen LogP contribution in [0.2, 0.25) is 0 Å². The van der Waals surface area contributed by atoms with Gasteiger partial charge in [-0.05, 0) is 31.2 Å². The van der Waals surface area contributed by atoms with Gasteiger partial charge in [0, 0.05) is 5.39 Å². The van der Waals surface area contributed by atoms with Crippen molar-refractivity contribution in [2.24, 2.45) is 0 Å². The summed E-state index contributed by atoms with van der Waals surface area (Å²) < 4.78 is 33.7. The summed E-state index contributed by atoms with van der Waals surface area (Å²) in [7, 11) is 0. The van der Waals surface area contributed by atoms with Gasteiger partial charge in [0.2, 0.25) is 5.43 Å². The minimum absolute atomic E-state index is 0.120. The molecular formula is C20H17F2N3O4. The Hall–Kier alpha value is -3.62. The fourth-order valence-electron chi connectivity index (χ4n) is 2.69. The molecule has 0 radical (unpaired) electrons. The number of halogens is 2. The number of fused-ring (bicyclic) bond motifs is 1. The van der Waals surface area contributed by atoms with Gasteiger partial charge in [0.15, 0.2) is 6.10 Å². The van der Waals surface area contributed by atoms with E-state index in [2.05, 4.69) is 10.4 Å². The van der Waals surface area contributed by atoms with Crippen LogP contribution in [0, 0.1) is 11.6 Å². The molecule has 1 atom stereocenters. The standard InChI is InChI=1S/C20H17F2N3O4/c1-12(20(28)24-19-14(21)6-4-7-15(19)22)29-18(27)9-10-25-16-8-3-2-5-13(16)17(26)11-23-25/h2-8,11-12H,9-10H2,1H3,(H,24,28)/t12-/m1/s1. The number of benzene rings is 2. The third-order valence-corrected chi connectivity index (χ3v) is 4.18. The first-order valence-electron chi connectivity index (χ1n) is 8.76. The number of carbonyl (C=O) groups excluding carboxylic acids is 2. The van der Waals surface area contributed by atoms with E-state index >= 15 is 0 Å². The van der Waals surface area contributed by atoms with Crippen LogP contribution in [0.5, 0.6) is 0 Å². The normalized spacial score (nSPS) is 11.8. The van der Waals surface area contributed by atoms with E-state index in [9.17, 15) is 23.2 Å². The van der Waals surface area contributed by atoms with Crippen LogP contribution >= 0.6 is 0 Å². The van der Waals surface area contributed by atoms with Gasteiger partial charge in [-0.2, -0.15) is 5.10 Å². The molecule has 1 heterocycles. The zero-order valence-electron chi connectivity index (χ0n) is 15.4. The predicted octanol–water partition coefficient (Wildman–Crippen LogP) is 2.64. The van der Waals surface area contributed by atoms with Crippen molar-refractivity contribution in [2.75, 3.05) is 5.32 Å². The summed E-state index contributed by atoms with van der Waals surface area (Å²) in [4.78, 5) is 36.0. The van der Waals surface area contributed by atoms with Gasteiger partial charge in [-0.25, -0.2) is 8.78 Å². The number of ether oxygens (including phenoxy) is 1. The van der Waals surface area contributed by atoms with E-state index in [-0.39, 0.29) is 18.4 Å². The molecule has 1 N–H and O–H groups in total. The van der Waals surface area contributed by atoms with Crippen LogP contribution in [-0.4, -0.2) is 27.8 Å². The highest BCUT2D eigenvalue weighted by Crippen LogP contribution is 2.18. The van der Waals surface area contributed by atoms with Crippen molar-refractivity contribution in [1.82, 2.24) is 9.78 Å².